The Morgan fingerprint density at radius 1 is 0.794 bits per heavy atom. The van der Waals surface area contributed by atoms with E-state index in [0.717, 1.165) is 22.3 Å². The third-order valence-electron chi connectivity index (χ3n) is 10.4. The van der Waals surface area contributed by atoms with E-state index >= 15 is 0 Å². The summed E-state index contributed by atoms with van der Waals surface area (Å²) in [7, 11) is 0. The number of aliphatic imine (C=N–C) groups is 1. The topological polar surface area (TPSA) is 159 Å². The Morgan fingerprint density at radius 2 is 1.46 bits per heavy atom. The molecule has 7 rings (SSSR count). The molecule has 3 N–H and O–H groups in total. The molecule has 1 aliphatic rings. The monoisotopic (exact) mass is 842 g/mol. The number of hydrogen-bond acceptors (Lipinski definition) is 9. The van der Waals surface area contributed by atoms with E-state index in [2.05, 4.69) is 20.9 Å². The van der Waals surface area contributed by atoms with Gasteiger partial charge < -0.3 is 24.1 Å². The molecule has 63 heavy (non-hydrogen) atoms. The molecule has 6 aromatic rings. The van der Waals surface area contributed by atoms with Crippen molar-refractivity contribution in [3.63, 3.8) is 0 Å². The second-order valence-corrected chi connectivity index (χ2v) is 14.9. The van der Waals surface area contributed by atoms with Crippen LogP contribution in [0.4, 0.5) is 0 Å². The number of rotatable bonds is 22. The van der Waals surface area contributed by atoms with Crippen LogP contribution in [0.3, 0.4) is 0 Å². The standard InChI is InChI=1S/C51H50N6O6/c52-57-54-35-43-21-10-11-22-45(43)48-51(30-12-20-38-14-4-1-5-15-38,55-49(63-48)42-24-26-44(27-25-42)60-33-13-32-58)50(59)56-53-31-29-39-23-28-46(61-36-40-16-6-2-7-17-40)47(34-39)62-37-41-18-8-3-9-19-41/h1-12,14-28,34,48,53,58H,13,29-33,35-37H2,(H,56,59)/b20-12+/t48-,51-/m0/s1. The molecule has 0 unspecified atom stereocenters. The Balaban J connectivity index is 1.14. The van der Waals surface area contributed by atoms with Gasteiger partial charge in [-0.1, -0.05) is 139 Å². The number of amides is 1. The predicted octanol–water partition coefficient (Wildman–Crippen LogP) is 9.64. The van der Waals surface area contributed by atoms with E-state index in [-0.39, 0.29) is 25.5 Å². The fourth-order valence-electron chi connectivity index (χ4n) is 7.14. The van der Waals surface area contributed by atoms with Crippen molar-refractivity contribution in [1.29, 1.82) is 0 Å². The zero-order chi connectivity index (χ0) is 43.5. The number of hydrogen-bond donors (Lipinski definition) is 3. The summed E-state index contributed by atoms with van der Waals surface area (Å²) in [6.07, 6.45) is 4.24. The second kappa shape index (κ2) is 22.5. The molecule has 0 radical (unpaired) electrons. The lowest BCUT2D eigenvalue weighted by Crippen LogP contribution is -2.53. The zero-order valence-corrected chi connectivity index (χ0v) is 34.9. The highest BCUT2D eigenvalue weighted by atomic mass is 16.5. The van der Waals surface area contributed by atoms with Crippen LogP contribution in [-0.2, 0) is 35.7 Å². The number of benzene rings is 6. The number of hydrazine groups is 1. The van der Waals surface area contributed by atoms with Gasteiger partial charge in [0.05, 0.1) is 13.2 Å². The molecule has 6 aromatic carbocycles. The highest BCUT2D eigenvalue weighted by Crippen LogP contribution is 2.44. The number of carbonyl (C=O) groups is 1. The van der Waals surface area contributed by atoms with Crippen molar-refractivity contribution in [2.75, 3.05) is 19.8 Å². The molecule has 0 aliphatic carbocycles. The summed E-state index contributed by atoms with van der Waals surface area (Å²) in [6, 6.07) is 50.4. The molecule has 1 heterocycles. The van der Waals surface area contributed by atoms with Gasteiger partial charge in [-0.3, -0.25) is 10.2 Å². The highest BCUT2D eigenvalue weighted by Gasteiger charge is 2.53. The fourth-order valence-corrected chi connectivity index (χ4v) is 7.14. The molecule has 12 nitrogen and oxygen atoms in total. The summed E-state index contributed by atoms with van der Waals surface area (Å²) in [5.41, 5.74) is 20.0. The minimum Gasteiger partial charge on any atom is -0.494 e. The maximum absolute atomic E-state index is 14.9. The summed E-state index contributed by atoms with van der Waals surface area (Å²) < 4.78 is 25.0. The van der Waals surface area contributed by atoms with Crippen molar-refractivity contribution in [3.8, 4) is 17.2 Å². The van der Waals surface area contributed by atoms with Crippen molar-refractivity contribution in [3.05, 3.63) is 213 Å². The van der Waals surface area contributed by atoms with Crippen molar-refractivity contribution in [1.82, 2.24) is 10.9 Å². The molecular formula is C51H50N6O6. The van der Waals surface area contributed by atoms with Crippen molar-refractivity contribution < 1.29 is 28.8 Å². The van der Waals surface area contributed by atoms with Gasteiger partial charge in [-0.2, -0.15) is 0 Å². The van der Waals surface area contributed by atoms with Crippen molar-refractivity contribution in [2.24, 2.45) is 10.1 Å². The van der Waals surface area contributed by atoms with Crippen molar-refractivity contribution >= 4 is 17.9 Å². The van der Waals surface area contributed by atoms with Gasteiger partial charge in [-0.15, -0.1) is 0 Å². The van der Waals surface area contributed by atoms with Gasteiger partial charge in [0.25, 0.3) is 5.91 Å². The van der Waals surface area contributed by atoms with Gasteiger partial charge in [-0.25, -0.2) is 10.4 Å². The van der Waals surface area contributed by atoms with Crippen molar-refractivity contribution in [2.45, 2.75) is 50.7 Å². The first-order valence-corrected chi connectivity index (χ1v) is 20.9. The normalized spacial score (nSPS) is 15.5. The van der Waals surface area contributed by atoms with E-state index in [9.17, 15) is 15.4 Å². The summed E-state index contributed by atoms with van der Waals surface area (Å²) in [4.78, 5) is 23.0. The fraction of sp³-hybridized carbons (Fsp3) is 0.216. The minimum absolute atomic E-state index is 0.0339. The SMILES string of the molecule is [N-]=[N+]=NCc1ccccc1[C@@H]1OC(c2ccc(OCCCO)cc2)=N[C@]1(C/C=C/c1ccccc1)C(=O)NNCCc1ccc(OCc2ccccc2)c(OCc2ccccc2)c1. The summed E-state index contributed by atoms with van der Waals surface area (Å²) in [5, 5.41) is 13.0. The Kier molecular flexibility index (Phi) is 15.6. The molecule has 320 valence electrons. The summed E-state index contributed by atoms with van der Waals surface area (Å²) in [6.45, 7) is 1.63. The molecule has 1 aliphatic heterocycles. The van der Waals surface area contributed by atoms with Crippen LogP contribution in [0.1, 0.15) is 57.9 Å². The van der Waals surface area contributed by atoms with Gasteiger partial charge in [0.15, 0.2) is 23.1 Å². The average Bonchev–Trinajstić information content (AvgIpc) is 3.73. The van der Waals surface area contributed by atoms with Crippen LogP contribution in [0.15, 0.2) is 174 Å². The molecule has 0 fully saturated rings. The van der Waals surface area contributed by atoms with Crippen LogP contribution in [0.2, 0.25) is 0 Å². The largest absolute Gasteiger partial charge is 0.494 e. The maximum atomic E-state index is 14.9. The Bertz CT molecular complexity index is 2500. The van der Waals surface area contributed by atoms with Gasteiger partial charge in [0.2, 0.25) is 5.90 Å². The molecular weight excluding hydrogens is 793 g/mol. The van der Waals surface area contributed by atoms with Crippen LogP contribution >= 0.6 is 0 Å². The first kappa shape index (κ1) is 43.7. The number of aliphatic hydroxyl groups is 1. The third-order valence-corrected chi connectivity index (χ3v) is 10.4. The van der Waals surface area contributed by atoms with E-state index in [1.54, 1.807) is 12.1 Å². The van der Waals surface area contributed by atoms with E-state index in [0.29, 0.717) is 73.1 Å². The predicted molar refractivity (Wildman–Crippen MR) is 244 cm³/mol. The molecule has 2 atom stereocenters. The highest BCUT2D eigenvalue weighted by molar-refractivity contribution is 6.01. The molecule has 0 spiro atoms. The Morgan fingerprint density at radius 3 is 2.16 bits per heavy atom. The van der Waals surface area contributed by atoms with Crippen LogP contribution in [0.25, 0.3) is 16.5 Å². The van der Waals surface area contributed by atoms with E-state index < -0.39 is 17.6 Å². The van der Waals surface area contributed by atoms with Gasteiger partial charge in [0.1, 0.15) is 19.0 Å². The molecule has 0 bridgehead atoms. The minimum atomic E-state index is -1.49. The summed E-state index contributed by atoms with van der Waals surface area (Å²) >= 11 is 0. The van der Waals surface area contributed by atoms with Gasteiger partial charge >= 0.3 is 0 Å². The number of aliphatic hydroxyl groups excluding tert-OH is 1. The van der Waals surface area contributed by atoms with E-state index in [1.165, 1.54) is 0 Å². The quantitative estimate of drug-likeness (QED) is 0.0202. The lowest BCUT2D eigenvalue weighted by molar-refractivity contribution is -0.129. The van der Waals surface area contributed by atoms with E-state index in [4.69, 9.17) is 23.9 Å². The van der Waals surface area contributed by atoms with Crippen LogP contribution < -0.4 is 25.1 Å². The molecule has 0 saturated heterocycles. The molecule has 12 heteroatoms. The molecule has 0 saturated carbocycles. The lowest BCUT2D eigenvalue weighted by atomic mass is 9.82. The molecule has 0 aromatic heterocycles. The average molecular weight is 843 g/mol. The second-order valence-electron chi connectivity index (χ2n) is 14.9. The van der Waals surface area contributed by atoms with Gasteiger partial charge in [-0.05, 0) is 81.7 Å². The zero-order valence-electron chi connectivity index (χ0n) is 34.9. The van der Waals surface area contributed by atoms with Crippen LogP contribution in [0, 0.1) is 0 Å². The smallest absolute Gasteiger partial charge is 0.266 e. The lowest BCUT2D eigenvalue weighted by Gasteiger charge is -2.31. The Hall–Kier alpha value is -7.37. The number of azide groups is 1. The first-order chi connectivity index (χ1) is 31.0. The maximum Gasteiger partial charge on any atom is 0.266 e. The number of nitrogens with zero attached hydrogens (tertiary/aromatic N) is 4. The number of ether oxygens (including phenoxy) is 4. The summed E-state index contributed by atoms with van der Waals surface area (Å²) in [5.74, 6) is 1.76. The first-order valence-electron chi connectivity index (χ1n) is 20.9. The third kappa shape index (κ3) is 11.9. The molecule has 1 amide bonds. The van der Waals surface area contributed by atoms with E-state index in [1.807, 2.05) is 158 Å². The number of carbonyl (C=O) groups excluding carboxylic acids is 1. The van der Waals surface area contributed by atoms with Gasteiger partial charge in [0, 0.05) is 36.5 Å². The van der Waals surface area contributed by atoms with Crippen LogP contribution in [-0.4, -0.2) is 42.2 Å². The van der Waals surface area contributed by atoms with Crippen LogP contribution in [0.5, 0.6) is 17.2 Å². The Labute approximate surface area is 367 Å². The number of nitrogens with one attached hydrogen (secondary N) is 2.